The summed E-state index contributed by atoms with van der Waals surface area (Å²) in [7, 11) is 0. The van der Waals surface area contributed by atoms with E-state index in [1.54, 1.807) is 12.1 Å². The summed E-state index contributed by atoms with van der Waals surface area (Å²) in [4.78, 5) is 2.38. The predicted octanol–water partition coefficient (Wildman–Crippen LogP) is 3.18. The normalized spacial score (nSPS) is 24.3. The summed E-state index contributed by atoms with van der Waals surface area (Å²) >= 11 is 0. The van der Waals surface area contributed by atoms with Gasteiger partial charge in [0.2, 0.25) is 0 Å². The van der Waals surface area contributed by atoms with Crippen LogP contribution in [0.1, 0.15) is 32.1 Å². The van der Waals surface area contributed by atoms with Crippen molar-refractivity contribution in [1.29, 1.82) is 0 Å². The van der Waals surface area contributed by atoms with Gasteiger partial charge in [0.05, 0.1) is 0 Å². The van der Waals surface area contributed by atoms with E-state index in [-0.39, 0.29) is 5.82 Å². The Morgan fingerprint density at radius 2 is 1.84 bits per heavy atom. The van der Waals surface area contributed by atoms with Crippen molar-refractivity contribution < 1.29 is 4.39 Å². The topological polar surface area (TPSA) is 15.3 Å². The Labute approximate surface area is 115 Å². The Morgan fingerprint density at radius 3 is 2.58 bits per heavy atom. The lowest BCUT2D eigenvalue weighted by atomic mass is 10.1. The molecule has 0 spiro atoms. The largest absolute Gasteiger partial charge is 0.371 e. The third kappa shape index (κ3) is 3.27. The molecule has 1 heterocycles. The minimum absolute atomic E-state index is 0.151. The third-order valence-electron chi connectivity index (χ3n) is 4.53. The zero-order valence-electron chi connectivity index (χ0n) is 11.4. The highest BCUT2D eigenvalue weighted by Gasteiger charge is 2.24. The highest BCUT2D eigenvalue weighted by molar-refractivity contribution is 5.47. The van der Waals surface area contributed by atoms with E-state index in [0.717, 1.165) is 37.3 Å². The summed E-state index contributed by atoms with van der Waals surface area (Å²) in [6, 6.07) is 7.66. The lowest BCUT2D eigenvalue weighted by Crippen LogP contribution is -2.32. The summed E-state index contributed by atoms with van der Waals surface area (Å²) in [5.74, 6) is 0.591. The van der Waals surface area contributed by atoms with Gasteiger partial charge in [-0.2, -0.15) is 0 Å². The maximum absolute atomic E-state index is 12.9. The van der Waals surface area contributed by atoms with E-state index in [0.29, 0.717) is 0 Å². The van der Waals surface area contributed by atoms with Gasteiger partial charge in [-0.15, -0.1) is 0 Å². The molecule has 0 amide bonds. The molecule has 0 radical (unpaired) electrons. The van der Waals surface area contributed by atoms with Crippen LogP contribution in [0.4, 0.5) is 10.1 Å². The number of hydrogen-bond donors (Lipinski definition) is 1. The molecule has 2 fully saturated rings. The number of benzene rings is 1. The molecule has 3 rings (SSSR count). The number of nitrogens with one attached hydrogen (secondary N) is 1. The average molecular weight is 262 g/mol. The Bertz CT molecular complexity index is 398. The van der Waals surface area contributed by atoms with Crippen molar-refractivity contribution in [3.8, 4) is 0 Å². The minimum atomic E-state index is -0.151. The smallest absolute Gasteiger partial charge is 0.123 e. The van der Waals surface area contributed by atoms with E-state index >= 15 is 0 Å². The maximum Gasteiger partial charge on any atom is 0.123 e. The van der Waals surface area contributed by atoms with Gasteiger partial charge < -0.3 is 10.2 Å². The standard InChI is InChI=1S/C16H23FN2/c17-14-5-7-16(8-6-14)19-10-9-13(12-19)11-18-15-3-1-2-4-15/h5-8,13,15,18H,1-4,9-12H2/t13-/m0/s1. The van der Waals surface area contributed by atoms with Crippen molar-refractivity contribution in [2.45, 2.75) is 38.1 Å². The predicted molar refractivity (Wildman–Crippen MR) is 77.0 cm³/mol. The second-order valence-electron chi connectivity index (χ2n) is 5.97. The SMILES string of the molecule is Fc1ccc(N2CC[C@@H](CNC3CCCC3)C2)cc1. The molecule has 1 atom stereocenters. The van der Waals surface area contributed by atoms with Crippen LogP contribution in [0, 0.1) is 11.7 Å². The summed E-state index contributed by atoms with van der Waals surface area (Å²) < 4.78 is 12.9. The Balaban J connectivity index is 1.48. The molecule has 2 aliphatic rings. The molecule has 0 aromatic heterocycles. The highest BCUT2D eigenvalue weighted by atomic mass is 19.1. The zero-order valence-corrected chi connectivity index (χ0v) is 11.4. The minimum Gasteiger partial charge on any atom is -0.371 e. The second-order valence-corrected chi connectivity index (χ2v) is 5.97. The van der Waals surface area contributed by atoms with Gasteiger partial charge >= 0.3 is 0 Å². The van der Waals surface area contributed by atoms with Gasteiger partial charge in [-0.05, 0) is 56.0 Å². The number of anilines is 1. The second kappa shape index (κ2) is 5.91. The summed E-state index contributed by atoms with van der Waals surface area (Å²) in [6.45, 7) is 3.34. The molecular weight excluding hydrogens is 239 g/mol. The fraction of sp³-hybridized carbons (Fsp3) is 0.625. The quantitative estimate of drug-likeness (QED) is 0.896. The van der Waals surface area contributed by atoms with E-state index in [1.165, 1.54) is 32.1 Å². The molecule has 0 unspecified atom stereocenters. The Hall–Kier alpha value is -1.09. The lowest BCUT2D eigenvalue weighted by molar-refractivity contribution is 0.450. The number of rotatable bonds is 4. The maximum atomic E-state index is 12.9. The van der Waals surface area contributed by atoms with Crippen molar-refractivity contribution in [2.75, 3.05) is 24.5 Å². The van der Waals surface area contributed by atoms with Crippen LogP contribution in [0.15, 0.2) is 24.3 Å². The molecule has 1 aliphatic carbocycles. The highest BCUT2D eigenvalue weighted by Crippen LogP contribution is 2.24. The van der Waals surface area contributed by atoms with Gasteiger partial charge in [-0.1, -0.05) is 12.8 Å². The van der Waals surface area contributed by atoms with Crippen molar-refractivity contribution in [3.05, 3.63) is 30.1 Å². The summed E-state index contributed by atoms with van der Waals surface area (Å²) in [6.07, 6.45) is 6.74. The van der Waals surface area contributed by atoms with E-state index < -0.39 is 0 Å². The van der Waals surface area contributed by atoms with Gasteiger partial charge in [0, 0.05) is 24.8 Å². The Kier molecular flexibility index (Phi) is 4.02. The molecule has 2 nitrogen and oxygen atoms in total. The number of hydrogen-bond acceptors (Lipinski definition) is 2. The number of nitrogens with zero attached hydrogens (tertiary/aromatic N) is 1. The van der Waals surface area contributed by atoms with Gasteiger partial charge in [-0.3, -0.25) is 0 Å². The molecule has 3 heteroatoms. The molecule has 19 heavy (non-hydrogen) atoms. The summed E-state index contributed by atoms with van der Waals surface area (Å²) in [5, 5.41) is 3.72. The van der Waals surface area contributed by atoms with Crippen LogP contribution in [0.5, 0.6) is 0 Å². The first kappa shape index (κ1) is 12.9. The molecule has 1 aromatic rings. The molecule has 0 bridgehead atoms. The fourth-order valence-electron chi connectivity index (χ4n) is 3.35. The van der Waals surface area contributed by atoms with Gasteiger partial charge in [0.15, 0.2) is 0 Å². The van der Waals surface area contributed by atoms with Crippen molar-refractivity contribution in [1.82, 2.24) is 5.32 Å². The average Bonchev–Trinajstić information content (AvgIpc) is 3.09. The van der Waals surface area contributed by atoms with Crippen molar-refractivity contribution in [3.63, 3.8) is 0 Å². The first-order chi connectivity index (χ1) is 9.31. The first-order valence-corrected chi connectivity index (χ1v) is 7.55. The van der Waals surface area contributed by atoms with Crippen LogP contribution in [0.3, 0.4) is 0 Å². The van der Waals surface area contributed by atoms with E-state index in [4.69, 9.17) is 0 Å². The Morgan fingerprint density at radius 1 is 1.11 bits per heavy atom. The number of halogens is 1. The van der Waals surface area contributed by atoms with Gasteiger partial charge in [0.1, 0.15) is 5.82 Å². The molecule has 1 aromatic carbocycles. The molecule has 1 aliphatic heterocycles. The van der Waals surface area contributed by atoms with Crippen LogP contribution in [-0.4, -0.2) is 25.7 Å². The van der Waals surface area contributed by atoms with Crippen LogP contribution < -0.4 is 10.2 Å². The third-order valence-corrected chi connectivity index (χ3v) is 4.53. The van der Waals surface area contributed by atoms with Crippen LogP contribution >= 0.6 is 0 Å². The van der Waals surface area contributed by atoms with Crippen LogP contribution in [0.25, 0.3) is 0 Å². The molecular formula is C16H23FN2. The van der Waals surface area contributed by atoms with E-state index in [2.05, 4.69) is 10.2 Å². The van der Waals surface area contributed by atoms with Crippen LogP contribution in [0.2, 0.25) is 0 Å². The zero-order chi connectivity index (χ0) is 13.1. The molecule has 1 N–H and O–H groups in total. The van der Waals surface area contributed by atoms with Gasteiger partial charge in [-0.25, -0.2) is 4.39 Å². The van der Waals surface area contributed by atoms with E-state index in [1.807, 2.05) is 12.1 Å². The molecule has 104 valence electrons. The van der Waals surface area contributed by atoms with Crippen molar-refractivity contribution in [2.24, 2.45) is 5.92 Å². The first-order valence-electron chi connectivity index (χ1n) is 7.55. The monoisotopic (exact) mass is 262 g/mol. The molecule has 1 saturated heterocycles. The fourth-order valence-corrected chi connectivity index (χ4v) is 3.35. The van der Waals surface area contributed by atoms with Crippen LogP contribution in [-0.2, 0) is 0 Å². The molecule has 1 saturated carbocycles. The van der Waals surface area contributed by atoms with Gasteiger partial charge in [0.25, 0.3) is 0 Å². The lowest BCUT2D eigenvalue weighted by Gasteiger charge is -2.20. The summed E-state index contributed by atoms with van der Waals surface area (Å²) in [5.41, 5.74) is 1.16. The van der Waals surface area contributed by atoms with Crippen molar-refractivity contribution >= 4 is 5.69 Å². The van der Waals surface area contributed by atoms with E-state index in [9.17, 15) is 4.39 Å².